The molecule has 0 atom stereocenters. The molecule has 0 aromatic heterocycles. The Morgan fingerprint density at radius 3 is 1.14 bits per heavy atom. The van der Waals surface area contributed by atoms with Crippen LogP contribution in [0.4, 0.5) is 0 Å². The van der Waals surface area contributed by atoms with Crippen molar-refractivity contribution in [1.82, 2.24) is 16.0 Å². The van der Waals surface area contributed by atoms with Crippen molar-refractivity contribution in [3.63, 3.8) is 0 Å². The number of hydrogen-bond acceptors (Lipinski definition) is 17. The van der Waals surface area contributed by atoms with Gasteiger partial charge in [-0.1, -0.05) is 90.4 Å². The third kappa shape index (κ3) is 30.1. The van der Waals surface area contributed by atoms with E-state index in [0.29, 0.717) is 17.4 Å². The number of nitrogens with one attached hydrogen (secondary N) is 3. The van der Waals surface area contributed by atoms with Gasteiger partial charge in [-0.05, 0) is 12.8 Å². The Labute approximate surface area is 389 Å². The Hall–Kier alpha value is -0.463. The summed E-state index contributed by atoms with van der Waals surface area (Å²) in [5, 5.41) is 71.0. The van der Waals surface area contributed by atoms with E-state index in [9.17, 15) is 60.8 Å². The maximum Gasteiger partial charge on any atom is 0.501 e. The molecule has 24 heteroatoms. The first kappa shape index (κ1) is 63.5. The summed E-state index contributed by atoms with van der Waals surface area (Å²) in [4.78, 5) is 0. The molecule has 0 aliphatic rings. The van der Waals surface area contributed by atoms with Gasteiger partial charge in [0.1, 0.15) is 0 Å². The van der Waals surface area contributed by atoms with Crippen molar-refractivity contribution >= 4 is 40.7 Å². The monoisotopic (exact) mass is 1000 g/mol. The van der Waals surface area contributed by atoms with Crippen LogP contribution in [0.25, 0.3) is 0 Å². The van der Waals surface area contributed by atoms with E-state index in [1.807, 2.05) is 0 Å². The highest BCUT2D eigenvalue weighted by Crippen LogP contribution is 2.26. The van der Waals surface area contributed by atoms with Crippen molar-refractivity contribution in [2.75, 3.05) is 124 Å². The van der Waals surface area contributed by atoms with E-state index in [1.165, 1.54) is 77.0 Å². The fraction of sp³-hybridized carbons (Fsp3) is 1.00. The van der Waals surface area contributed by atoms with Crippen LogP contribution in [-0.4, -0.2) is 210 Å². The summed E-state index contributed by atoms with van der Waals surface area (Å²) in [7, 11) is -9.00. The van der Waals surface area contributed by atoms with Gasteiger partial charge < -0.3 is 64.4 Å². The molecule has 0 aromatic rings. The lowest BCUT2D eigenvalue weighted by molar-refractivity contribution is -0.890. The molecule has 0 unspecified atom stereocenters. The van der Waals surface area contributed by atoms with Gasteiger partial charge in [0, 0.05) is 29.8 Å². The number of aliphatic hydroxyl groups excluding tert-OH is 6. The highest BCUT2D eigenvalue weighted by atomic mass is 32.2. The number of quaternary nitrogens is 1. The largest absolute Gasteiger partial charge is 0.501 e. The summed E-state index contributed by atoms with van der Waals surface area (Å²) in [5.41, 5.74) is -4.96. The molecule has 0 fully saturated rings. The Morgan fingerprint density at radius 2 is 0.828 bits per heavy atom. The molecule has 64 heavy (non-hydrogen) atoms. The molecule has 0 radical (unpaired) electrons. The molecule has 0 bridgehead atoms. The Morgan fingerprint density at radius 1 is 0.516 bits per heavy atom. The van der Waals surface area contributed by atoms with Crippen LogP contribution >= 0.6 is 0 Å². The molecule has 20 nitrogen and oxygen atoms in total. The van der Waals surface area contributed by atoms with E-state index in [0.717, 1.165) is 25.8 Å². The van der Waals surface area contributed by atoms with Crippen LogP contribution in [0.5, 0.6) is 0 Å². The van der Waals surface area contributed by atoms with Crippen LogP contribution in [0.15, 0.2) is 0 Å². The van der Waals surface area contributed by atoms with Gasteiger partial charge in [-0.25, -0.2) is 0 Å². The average molecular weight is 1010 g/mol. The standard InChI is InChI=1S/C40H86N4O16S3Si/c1-4-5-6-7-8-9-10-11-12-13-14-15-16-17-18-23-44(2,3)24-19-28-64(58-35-38(29-45,30-46)41-20-25-61-51,59-36-39(31-47,32-48)42-21-26-62(52,53)54)60-37-40(33-49,34-50)43-22-27-63(55,56)57/h41-43,45-50H,4-37H2,1-3H3/p+2. The quantitative estimate of drug-likeness (QED) is 0.0130. The number of nitrogens with zero attached hydrogens (tertiary/aromatic N) is 1. The molecule has 0 spiro atoms. The summed E-state index contributed by atoms with van der Waals surface area (Å²) in [6, 6.07) is 0.0345. The molecule has 0 rings (SSSR count). The second kappa shape index (κ2) is 34.8. The lowest BCUT2D eigenvalue weighted by Crippen LogP contribution is -2.64. The first-order chi connectivity index (χ1) is 30.2. The molecule has 0 aromatic carbocycles. The minimum absolute atomic E-state index is 0.0345. The van der Waals surface area contributed by atoms with E-state index < -0.39 is 130 Å². The maximum atomic E-state index is 11.5. The molecule has 11 N–H and O–H groups in total. The topological polar surface area (TPSA) is 311 Å². The minimum Gasteiger partial charge on any atom is -0.394 e. The predicted molar refractivity (Wildman–Crippen MR) is 250 cm³/mol. The third-order valence-electron chi connectivity index (χ3n) is 11.5. The van der Waals surface area contributed by atoms with E-state index in [1.54, 1.807) is 0 Å². The number of hydrogen-bond donors (Lipinski definition) is 11. The maximum absolute atomic E-state index is 11.5. The molecule has 0 aliphatic carbocycles. The lowest BCUT2D eigenvalue weighted by Gasteiger charge is -2.41. The van der Waals surface area contributed by atoms with Crippen LogP contribution < -0.4 is 16.0 Å². The fourth-order valence-electron chi connectivity index (χ4n) is 6.99. The third-order valence-corrected chi connectivity index (χ3v) is 16.1. The van der Waals surface area contributed by atoms with Crippen molar-refractivity contribution in [2.45, 2.75) is 132 Å². The second-order valence-electron chi connectivity index (χ2n) is 17.9. The van der Waals surface area contributed by atoms with Gasteiger partial charge in [-0.15, -0.1) is 0 Å². The SMILES string of the molecule is CCCCCCCCCCCCCCCCC[N+](C)(C)CCC[Si](OCC(CO)(CO)NCC[S+]=O)(OCC(CO)(CO)NCCS(=O)(=O)O)OCC(CO)(CO)NCCS(=O)(=O)O. The van der Waals surface area contributed by atoms with Crippen molar-refractivity contribution < 1.29 is 78.6 Å². The van der Waals surface area contributed by atoms with Crippen molar-refractivity contribution in [2.24, 2.45) is 0 Å². The normalized spacial score (nSPS) is 13.5. The van der Waals surface area contributed by atoms with Gasteiger partial charge in [0.25, 0.3) is 20.2 Å². The van der Waals surface area contributed by atoms with E-state index in [2.05, 4.69) is 37.0 Å². The summed E-state index contributed by atoms with van der Waals surface area (Å²) < 4.78 is 95.6. The van der Waals surface area contributed by atoms with Crippen LogP contribution in [0, 0.1) is 0 Å². The highest BCUT2D eigenvalue weighted by Gasteiger charge is 2.48. The molecular weight excluding hydrogens is 917 g/mol. The van der Waals surface area contributed by atoms with E-state index in [-0.39, 0.29) is 30.0 Å². The Bertz CT molecular complexity index is 1340. The molecule has 0 aliphatic heterocycles. The zero-order valence-electron chi connectivity index (χ0n) is 39.1. The smallest absolute Gasteiger partial charge is 0.394 e. The predicted octanol–water partition coefficient (Wildman–Crippen LogP) is 0.456. The van der Waals surface area contributed by atoms with Crippen molar-refractivity contribution in [3.8, 4) is 0 Å². The minimum atomic E-state index is -4.43. The van der Waals surface area contributed by atoms with Crippen LogP contribution in [-0.2, 0) is 49.4 Å². The van der Waals surface area contributed by atoms with Gasteiger partial charge in [0.05, 0.1) is 121 Å². The zero-order chi connectivity index (χ0) is 48.5. The molecule has 0 amide bonds. The van der Waals surface area contributed by atoms with E-state index in [4.69, 9.17) is 13.3 Å². The molecule has 0 heterocycles. The highest BCUT2D eigenvalue weighted by molar-refractivity contribution is 7.86. The number of rotatable bonds is 47. The van der Waals surface area contributed by atoms with Crippen LogP contribution in [0.3, 0.4) is 0 Å². The zero-order valence-corrected chi connectivity index (χ0v) is 42.5. The summed E-state index contributed by atoms with van der Waals surface area (Å²) in [6.07, 6.45) is 19.2. The first-order valence-corrected chi connectivity index (χ1v) is 29.1. The van der Waals surface area contributed by atoms with Crippen LogP contribution in [0.2, 0.25) is 6.04 Å². The number of unbranched alkanes of at least 4 members (excludes halogenated alkanes) is 14. The lowest BCUT2D eigenvalue weighted by atomic mass is 10.0. The average Bonchev–Trinajstić information content (AvgIpc) is 3.25. The van der Waals surface area contributed by atoms with Gasteiger partial charge >= 0.3 is 20.5 Å². The van der Waals surface area contributed by atoms with Gasteiger partial charge in [0.15, 0.2) is 0 Å². The van der Waals surface area contributed by atoms with Gasteiger partial charge in [-0.2, -0.15) is 16.8 Å². The second-order valence-corrected chi connectivity index (χ2v) is 24.5. The number of aliphatic hydroxyl groups is 6. The van der Waals surface area contributed by atoms with Gasteiger partial charge in [-0.3, -0.25) is 9.11 Å². The summed E-state index contributed by atoms with van der Waals surface area (Å²) in [5.74, 6) is -1.44. The van der Waals surface area contributed by atoms with Crippen molar-refractivity contribution in [3.05, 3.63) is 0 Å². The van der Waals surface area contributed by atoms with Gasteiger partial charge in [0.2, 0.25) is 5.75 Å². The summed E-state index contributed by atoms with van der Waals surface area (Å²) >= 11 is 0.289. The van der Waals surface area contributed by atoms with E-state index >= 15 is 0 Å². The Balaban J connectivity index is 6.24. The van der Waals surface area contributed by atoms with Crippen LogP contribution in [0.1, 0.15) is 110 Å². The molecular formula is C40H88N4O16S3Si+2. The molecule has 384 valence electrons. The molecule has 0 saturated heterocycles. The first-order valence-electron chi connectivity index (χ1n) is 23.0. The fourth-order valence-corrected chi connectivity index (χ4v) is 10.7. The molecule has 0 saturated carbocycles. The Kier molecular flexibility index (Phi) is 34.5. The van der Waals surface area contributed by atoms with Crippen molar-refractivity contribution in [1.29, 1.82) is 0 Å². The summed E-state index contributed by atoms with van der Waals surface area (Å²) in [6.45, 7) is -3.12.